The molecule has 0 bridgehead atoms. The molecule has 3 rings (SSSR count). The fourth-order valence-electron chi connectivity index (χ4n) is 2.42. The smallest absolute Gasteiger partial charge is 0.339 e. The number of nitrogens with zero attached hydrogens (tertiary/aromatic N) is 3. The summed E-state index contributed by atoms with van der Waals surface area (Å²) in [5.74, 6) is 0.128. The van der Waals surface area contributed by atoms with Crippen LogP contribution in [-0.4, -0.2) is 34.8 Å². The third kappa shape index (κ3) is 2.18. The molecule has 22 heavy (non-hydrogen) atoms. The van der Waals surface area contributed by atoms with Gasteiger partial charge in [0.1, 0.15) is 17.0 Å². The summed E-state index contributed by atoms with van der Waals surface area (Å²) in [6.45, 7) is 1.95. The Morgan fingerprint density at radius 2 is 2.09 bits per heavy atom. The molecule has 0 atom stereocenters. The largest absolute Gasteiger partial charge is 0.494 e. The Bertz CT molecular complexity index is 841. The second kappa shape index (κ2) is 5.48. The minimum Gasteiger partial charge on any atom is -0.494 e. The number of pyridine rings is 2. The van der Waals surface area contributed by atoms with E-state index in [1.807, 2.05) is 25.1 Å². The Kier molecular flexibility index (Phi) is 3.50. The number of hydrogen-bond donors (Lipinski definition) is 0. The summed E-state index contributed by atoms with van der Waals surface area (Å²) in [7, 11) is 2.90. The summed E-state index contributed by atoms with van der Waals surface area (Å²) in [6.07, 6.45) is 3.35. The molecule has 0 N–H and O–H groups in total. The Morgan fingerprint density at radius 1 is 1.27 bits per heavy atom. The third-order valence-corrected chi connectivity index (χ3v) is 3.48. The second-order valence-corrected chi connectivity index (χ2v) is 4.77. The van der Waals surface area contributed by atoms with Gasteiger partial charge in [0.05, 0.1) is 25.5 Å². The average molecular weight is 297 g/mol. The monoisotopic (exact) mass is 297 g/mol. The Morgan fingerprint density at radius 3 is 2.73 bits per heavy atom. The molecule has 0 aliphatic heterocycles. The summed E-state index contributed by atoms with van der Waals surface area (Å²) in [6, 6.07) is 7.30. The van der Waals surface area contributed by atoms with Crippen molar-refractivity contribution in [2.45, 2.75) is 6.92 Å². The van der Waals surface area contributed by atoms with Gasteiger partial charge in [0.15, 0.2) is 0 Å². The molecule has 3 heterocycles. The van der Waals surface area contributed by atoms with Crippen LogP contribution in [0.2, 0.25) is 0 Å². The number of rotatable bonds is 3. The molecule has 0 fully saturated rings. The lowest BCUT2D eigenvalue weighted by Gasteiger charge is -2.06. The maximum Gasteiger partial charge on any atom is 0.339 e. The number of methoxy groups -OCH3 is 2. The van der Waals surface area contributed by atoms with Crippen LogP contribution in [0.3, 0.4) is 0 Å². The van der Waals surface area contributed by atoms with Gasteiger partial charge in [-0.05, 0) is 25.1 Å². The number of fused-ring (bicyclic) bond motifs is 1. The van der Waals surface area contributed by atoms with E-state index < -0.39 is 5.97 Å². The molecular formula is C16H15N3O3. The highest BCUT2D eigenvalue weighted by Crippen LogP contribution is 2.30. The van der Waals surface area contributed by atoms with E-state index >= 15 is 0 Å². The molecule has 6 heteroatoms. The molecule has 0 saturated heterocycles. The van der Waals surface area contributed by atoms with E-state index in [1.54, 1.807) is 30.1 Å². The number of esters is 1. The molecule has 0 radical (unpaired) electrons. The maximum atomic E-state index is 11.8. The van der Waals surface area contributed by atoms with Crippen LogP contribution in [0, 0.1) is 6.92 Å². The van der Waals surface area contributed by atoms with Gasteiger partial charge >= 0.3 is 5.97 Å². The van der Waals surface area contributed by atoms with Gasteiger partial charge in [0, 0.05) is 18.0 Å². The van der Waals surface area contributed by atoms with Crippen molar-refractivity contribution >= 4 is 11.5 Å². The predicted molar refractivity (Wildman–Crippen MR) is 81.1 cm³/mol. The van der Waals surface area contributed by atoms with Crippen molar-refractivity contribution in [3.8, 4) is 17.1 Å². The highest BCUT2D eigenvalue weighted by Gasteiger charge is 2.18. The predicted octanol–water partition coefficient (Wildman–Crippen LogP) is 2.50. The molecule has 0 aliphatic rings. The minimum absolute atomic E-state index is 0.377. The van der Waals surface area contributed by atoms with Crippen molar-refractivity contribution in [3.05, 3.63) is 47.8 Å². The quantitative estimate of drug-likeness (QED) is 0.695. The zero-order valence-corrected chi connectivity index (χ0v) is 12.5. The second-order valence-electron chi connectivity index (χ2n) is 4.77. The third-order valence-electron chi connectivity index (χ3n) is 3.48. The number of aromatic nitrogens is 3. The highest BCUT2D eigenvalue weighted by atomic mass is 16.5. The van der Waals surface area contributed by atoms with E-state index in [-0.39, 0.29) is 0 Å². The van der Waals surface area contributed by atoms with E-state index in [0.29, 0.717) is 11.3 Å². The molecule has 0 spiro atoms. The van der Waals surface area contributed by atoms with Crippen LogP contribution in [0.5, 0.6) is 5.75 Å². The lowest BCUT2D eigenvalue weighted by atomic mass is 10.1. The summed E-state index contributed by atoms with van der Waals surface area (Å²) in [4.78, 5) is 16.1. The van der Waals surface area contributed by atoms with Crippen molar-refractivity contribution in [1.29, 1.82) is 0 Å². The standard InChI is InChI=1S/C16H15N3O3/c1-10-14(12-6-4-5-7-17-12)18-19-9-11(16(20)22-3)8-13(21-2)15(10)19/h4-9H,1-3H3. The van der Waals surface area contributed by atoms with Crippen molar-refractivity contribution in [2.75, 3.05) is 14.2 Å². The fourth-order valence-corrected chi connectivity index (χ4v) is 2.42. The number of aryl methyl sites for hydroxylation is 1. The van der Waals surface area contributed by atoms with Crippen LogP contribution in [0.4, 0.5) is 0 Å². The van der Waals surface area contributed by atoms with Crippen molar-refractivity contribution in [1.82, 2.24) is 14.6 Å². The first-order chi connectivity index (χ1) is 10.7. The van der Waals surface area contributed by atoms with Crippen LogP contribution in [-0.2, 0) is 4.74 Å². The lowest BCUT2D eigenvalue weighted by molar-refractivity contribution is 0.0599. The Balaban J connectivity index is 2.27. The van der Waals surface area contributed by atoms with Gasteiger partial charge in [0.2, 0.25) is 0 Å². The zero-order chi connectivity index (χ0) is 15.7. The molecule has 3 aromatic rings. The molecule has 0 saturated carbocycles. The Hall–Kier alpha value is -2.89. The topological polar surface area (TPSA) is 65.7 Å². The van der Waals surface area contributed by atoms with Gasteiger partial charge < -0.3 is 9.47 Å². The van der Waals surface area contributed by atoms with Crippen molar-refractivity contribution in [3.63, 3.8) is 0 Å². The van der Waals surface area contributed by atoms with E-state index in [2.05, 4.69) is 10.1 Å². The Labute approximate surface area is 127 Å². The molecule has 0 aliphatic carbocycles. The van der Waals surface area contributed by atoms with Gasteiger partial charge in [-0.1, -0.05) is 6.07 Å². The molecule has 0 unspecified atom stereocenters. The number of ether oxygens (including phenoxy) is 2. The van der Waals surface area contributed by atoms with E-state index in [0.717, 1.165) is 22.5 Å². The van der Waals surface area contributed by atoms with Crippen molar-refractivity contribution < 1.29 is 14.3 Å². The van der Waals surface area contributed by atoms with E-state index in [4.69, 9.17) is 9.47 Å². The van der Waals surface area contributed by atoms with Gasteiger partial charge in [-0.3, -0.25) is 4.98 Å². The fraction of sp³-hybridized carbons (Fsp3) is 0.188. The summed E-state index contributed by atoms with van der Waals surface area (Å²) in [5.41, 5.74) is 3.64. The lowest BCUT2D eigenvalue weighted by Crippen LogP contribution is -2.04. The first-order valence-electron chi connectivity index (χ1n) is 6.72. The first-order valence-corrected chi connectivity index (χ1v) is 6.72. The number of carbonyl (C=O) groups excluding carboxylic acids is 1. The van der Waals surface area contributed by atoms with Gasteiger partial charge in [0.25, 0.3) is 0 Å². The van der Waals surface area contributed by atoms with Crippen LogP contribution >= 0.6 is 0 Å². The van der Waals surface area contributed by atoms with Gasteiger partial charge in [-0.2, -0.15) is 5.10 Å². The van der Waals surface area contributed by atoms with Crippen LogP contribution < -0.4 is 4.74 Å². The maximum absolute atomic E-state index is 11.8. The van der Waals surface area contributed by atoms with E-state index in [1.165, 1.54) is 7.11 Å². The van der Waals surface area contributed by atoms with Gasteiger partial charge in [-0.25, -0.2) is 9.31 Å². The number of carbonyl (C=O) groups is 1. The molecule has 0 amide bonds. The minimum atomic E-state index is -0.437. The highest BCUT2D eigenvalue weighted by molar-refractivity contribution is 5.91. The molecule has 6 nitrogen and oxygen atoms in total. The molecule has 3 aromatic heterocycles. The molecule has 0 aromatic carbocycles. The van der Waals surface area contributed by atoms with Crippen LogP contribution in [0.1, 0.15) is 15.9 Å². The number of hydrogen-bond acceptors (Lipinski definition) is 5. The van der Waals surface area contributed by atoms with Crippen molar-refractivity contribution in [2.24, 2.45) is 0 Å². The normalized spacial score (nSPS) is 10.7. The zero-order valence-electron chi connectivity index (χ0n) is 12.5. The van der Waals surface area contributed by atoms with Crippen LogP contribution in [0.25, 0.3) is 16.9 Å². The van der Waals surface area contributed by atoms with Gasteiger partial charge in [-0.15, -0.1) is 0 Å². The molecular weight excluding hydrogens is 282 g/mol. The molecule has 112 valence electrons. The van der Waals surface area contributed by atoms with E-state index in [9.17, 15) is 4.79 Å². The summed E-state index contributed by atoms with van der Waals surface area (Å²) >= 11 is 0. The average Bonchev–Trinajstić information content (AvgIpc) is 2.91. The first kappa shape index (κ1) is 14.1. The summed E-state index contributed by atoms with van der Waals surface area (Å²) < 4.78 is 11.8. The van der Waals surface area contributed by atoms with Crippen LogP contribution in [0.15, 0.2) is 36.7 Å². The SMILES string of the molecule is COC(=O)c1cc(OC)c2c(C)c(-c3ccccn3)nn2c1. The summed E-state index contributed by atoms with van der Waals surface area (Å²) in [5, 5.41) is 4.53.